The van der Waals surface area contributed by atoms with Gasteiger partial charge in [-0.25, -0.2) is 0 Å². The number of rotatable bonds is 11. The Morgan fingerprint density at radius 2 is 1.84 bits per heavy atom. The number of nitrogens with one attached hydrogen (secondary N) is 2. The van der Waals surface area contributed by atoms with E-state index in [1.54, 1.807) is 30.7 Å². The van der Waals surface area contributed by atoms with E-state index in [4.69, 9.17) is 4.74 Å². The highest BCUT2D eigenvalue weighted by molar-refractivity contribution is 5.91. The maximum atomic E-state index is 12.1. The molecule has 1 heterocycles. The van der Waals surface area contributed by atoms with E-state index in [1.165, 1.54) is 12.1 Å². The van der Waals surface area contributed by atoms with E-state index in [2.05, 4.69) is 20.6 Å². The van der Waals surface area contributed by atoms with Crippen molar-refractivity contribution in [2.45, 2.75) is 18.9 Å². The molecule has 8 heteroatoms. The normalized spacial score (nSPS) is 11.6. The summed E-state index contributed by atoms with van der Waals surface area (Å²) in [7, 11) is 0. The zero-order chi connectivity index (χ0) is 21.9. The van der Waals surface area contributed by atoms with Crippen LogP contribution in [0.4, 0.5) is 5.69 Å². The van der Waals surface area contributed by atoms with Crippen molar-refractivity contribution in [3.63, 3.8) is 0 Å². The maximum absolute atomic E-state index is 12.1. The lowest BCUT2D eigenvalue weighted by Gasteiger charge is -2.13. The Labute approximate surface area is 181 Å². The van der Waals surface area contributed by atoms with Gasteiger partial charge in [0.05, 0.1) is 12.1 Å². The van der Waals surface area contributed by atoms with Crippen LogP contribution in [0.2, 0.25) is 0 Å². The Morgan fingerprint density at radius 1 is 1.06 bits per heavy atom. The van der Waals surface area contributed by atoms with E-state index in [1.807, 2.05) is 24.3 Å². The van der Waals surface area contributed by atoms with Gasteiger partial charge in [0.25, 0.3) is 0 Å². The highest BCUT2D eigenvalue weighted by Crippen LogP contribution is 2.16. The molecule has 8 nitrogen and oxygen atoms in total. The first-order valence-electron chi connectivity index (χ1n) is 10.0. The summed E-state index contributed by atoms with van der Waals surface area (Å²) in [6.45, 7) is 1.28. The third-order valence-corrected chi connectivity index (χ3v) is 4.45. The Bertz CT molecular complexity index is 934. The lowest BCUT2D eigenvalue weighted by molar-refractivity contribution is -0.115. The molecule has 3 rings (SSSR count). The largest absolute Gasteiger partial charge is 0.508 e. The first-order valence-corrected chi connectivity index (χ1v) is 10.0. The van der Waals surface area contributed by atoms with Crippen LogP contribution in [0.15, 0.2) is 67.1 Å². The topological polar surface area (TPSA) is 117 Å². The van der Waals surface area contributed by atoms with E-state index >= 15 is 0 Å². The smallest absolute Gasteiger partial charge is 0.230 e. The number of benzene rings is 2. The van der Waals surface area contributed by atoms with Crippen LogP contribution in [0.5, 0.6) is 11.5 Å². The van der Waals surface area contributed by atoms with Gasteiger partial charge in [0.1, 0.15) is 24.2 Å². The molecule has 0 spiro atoms. The fraction of sp³-hybridized carbons (Fsp3) is 0.261. The number of amides is 1. The zero-order valence-corrected chi connectivity index (χ0v) is 17.1. The van der Waals surface area contributed by atoms with Gasteiger partial charge in [0.2, 0.25) is 5.91 Å². The number of carbonyl (C=O) groups is 1. The monoisotopic (exact) mass is 422 g/mol. The number of hydrogen-bond acceptors (Lipinski definition) is 7. The minimum absolute atomic E-state index is 0.140. The molecule has 4 N–H and O–H groups in total. The van der Waals surface area contributed by atoms with E-state index in [0.29, 0.717) is 24.5 Å². The summed E-state index contributed by atoms with van der Waals surface area (Å²) in [5, 5.41) is 25.3. The van der Waals surface area contributed by atoms with Crippen molar-refractivity contribution >= 4 is 11.6 Å². The number of anilines is 1. The Balaban J connectivity index is 1.31. The molecule has 162 valence electrons. The first kappa shape index (κ1) is 22.2. The van der Waals surface area contributed by atoms with Gasteiger partial charge in [0, 0.05) is 30.8 Å². The summed E-state index contributed by atoms with van der Waals surface area (Å²) in [6, 6.07) is 14.0. The third-order valence-electron chi connectivity index (χ3n) is 4.45. The molecule has 1 aromatic heterocycles. The van der Waals surface area contributed by atoms with E-state index in [-0.39, 0.29) is 24.7 Å². The standard InChI is InChI=1S/C23H26N4O4/c28-20-5-7-22(8-6-20)31-16-21(29)15-24-10-9-17-1-3-18(4-2-17)27-23(30)13-19-14-25-11-12-26-19/h1-8,11-12,14,21,24,28-29H,9-10,13,15-16H2,(H,27,30)/t21-/m0/s1. The predicted octanol–water partition coefficient (Wildman–Crippen LogP) is 1.94. The molecule has 1 amide bonds. The molecule has 0 aliphatic heterocycles. The van der Waals surface area contributed by atoms with Crippen molar-refractivity contribution in [3.8, 4) is 11.5 Å². The second-order valence-corrected chi connectivity index (χ2v) is 7.03. The molecule has 0 aliphatic carbocycles. The molecule has 0 saturated heterocycles. The highest BCUT2D eigenvalue weighted by Gasteiger charge is 2.07. The Morgan fingerprint density at radius 3 is 2.55 bits per heavy atom. The van der Waals surface area contributed by atoms with Gasteiger partial charge in [-0.15, -0.1) is 0 Å². The van der Waals surface area contributed by atoms with Crippen molar-refractivity contribution in [2.24, 2.45) is 0 Å². The quantitative estimate of drug-likeness (QED) is 0.349. The number of phenols is 1. The van der Waals surface area contributed by atoms with Gasteiger partial charge in [-0.3, -0.25) is 14.8 Å². The average Bonchev–Trinajstić information content (AvgIpc) is 2.78. The van der Waals surface area contributed by atoms with Crippen molar-refractivity contribution in [1.82, 2.24) is 15.3 Å². The van der Waals surface area contributed by atoms with Gasteiger partial charge < -0.3 is 25.6 Å². The van der Waals surface area contributed by atoms with Gasteiger partial charge in [0.15, 0.2) is 0 Å². The van der Waals surface area contributed by atoms with Crippen LogP contribution in [-0.2, 0) is 17.6 Å². The molecule has 1 atom stereocenters. The van der Waals surface area contributed by atoms with Crippen LogP contribution in [0.1, 0.15) is 11.3 Å². The van der Waals surface area contributed by atoms with E-state index in [9.17, 15) is 15.0 Å². The highest BCUT2D eigenvalue weighted by atomic mass is 16.5. The molecule has 0 radical (unpaired) electrons. The molecule has 0 fully saturated rings. The minimum atomic E-state index is -0.638. The number of phenolic OH excluding ortho intramolecular Hbond substituents is 1. The molecular weight excluding hydrogens is 396 g/mol. The van der Waals surface area contributed by atoms with Crippen molar-refractivity contribution in [3.05, 3.63) is 78.4 Å². The number of ether oxygens (including phenoxy) is 1. The van der Waals surface area contributed by atoms with Crippen LogP contribution >= 0.6 is 0 Å². The van der Waals surface area contributed by atoms with Gasteiger partial charge >= 0.3 is 0 Å². The summed E-state index contributed by atoms with van der Waals surface area (Å²) in [6.07, 6.45) is 5.04. The number of nitrogens with zero attached hydrogens (tertiary/aromatic N) is 2. The van der Waals surface area contributed by atoms with Gasteiger partial charge in [-0.2, -0.15) is 0 Å². The van der Waals surface area contributed by atoms with Crippen molar-refractivity contribution in [2.75, 3.05) is 25.0 Å². The first-order chi connectivity index (χ1) is 15.1. The number of hydrogen-bond donors (Lipinski definition) is 4. The Kier molecular flexibility index (Phi) is 8.33. The number of aromatic nitrogens is 2. The Hall–Kier alpha value is -3.49. The van der Waals surface area contributed by atoms with Gasteiger partial charge in [-0.05, 0) is 54.9 Å². The molecule has 0 aliphatic rings. The molecule has 0 bridgehead atoms. The number of aromatic hydroxyl groups is 1. The number of carbonyl (C=O) groups excluding carboxylic acids is 1. The number of aliphatic hydroxyl groups excluding tert-OH is 1. The molecule has 2 aromatic carbocycles. The molecule has 31 heavy (non-hydrogen) atoms. The van der Waals surface area contributed by atoms with Crippen molar-refractivity contribution in [1.29, 1.82) is 0 Å². The van der Waals surface area contributed by atoms with Gasteiger partial charge in [-0.1, -0.05) is 12.1 Å². The van der Waals surface area contributed by atoms with Crippen LogP contribution in [0.3, 0.4) is 0 Å². The summed E-state index contributed by atoms with van der Waals surface area (Å²) >= 11 is 0. The fourth-order valence-corrected chi connectivity index (χ4v) is 2.84. The fourth-order valence-electron chi connectivity index (χ4n) is 2.84. The summed E-state index contributed by atoms with van der Waals surface area (Å²) < 4.78 is 5.48. The SMILES string of the molecule is O=C(Cc1cnccn1)Nc1ccc(CCNC[C@H](O)COc2ccc(O)cc2)cc1. The minimum Gasteiger partial charge on any atom is -0.508 e. The van der Waals surface area contributed by atoms with E-state index < -0.39 is 6.10 Å². The third kappa shape index (κ3) is 8.04. The maximum Gasteiger partial charge on any atom is 0.230 e. The summed E-state index contributed by atoms with van der Waals surface area (Å²) in [4.78, 5) is 20.1. The number of aliphatic hydroxyl groups is 1. The summed E-state index contributed by atoms with van der Waals surface area (Å²) in [5.74, 6) is 0.631. The lowest BCUT2D eigenvalue weighted by atomic mass is 10.1. The van der Waals surface area contributed by atoms with Crippen LogP contribution in [0, 0.1) is 0 Å². The molecule has 0 saturated carbocycles. The molecule has 3 aromatic rings. The lowest BCUT2D eigenvalue weighted by Crippen LogP contribution is -2.32. The summed E-state index contributed by atoms with van der Waals surface area (Å²) in [5.41, 5.74) is 2.47. The van der Waals surface area contributed by atoms with Crippen LogP contribution < -0.4 is 15.4 Å². The van der Waals surface area contributed by atoms with Crippen LogP contribution in [-0.4, -0.2) is 51.9 Å². The predicted molar refractivity (Wildman–Crippen MR) is 117 cm³/mol. The average molecular weight is 422 g/mol. The van der Waals surface area contributed by atoms with Crippen LogP contribution in [0.25, 0.3) is 0 Å². The molecule has 0 unspecified atom stereocenters. The van der Waals surface area contributed by atoms with Crippen molar-refractivity contribution < 1.29 is 19.7 Å². The van der Waals surface area contributed by atoms with E-state index in [0.717, 1.165) is 17.7 Å². The second-order valence-electron chi connectivity index (χ2n) is 7.03. The second kappa shape index (κ2) is 11.6. The zero-order valence-electron chi connectivity index (χ0n) is 17.1. The molecular formula is C23H26N4O4.